The Hall–Kier alpha value is -2.13. The van der Waals surface area contributed by atoms with Crippen molar-refractivity contribution in [3.8, 4) is 11.3 Å². The van der Waals surface area contributed by atoms with E-state index in [0.717, 1.165) is 5.56 Å². The molecule has 2 fully saturated rings. The Balaban J connectivity index is 1.70. The van der Waals surface area contributed by atoms with Gasteiger partial charge in [-0.3, -0.25) is 4.79 Å². The van der Waals surface area contributed by atoms with Gasteiger partial charge < -0.3 is 19.8 Å². The molecule has 1 aromatic heterocycles. The van der Waals surface area contributed by atoms with Gasteiger partial charge in [0, 0.05) is 10.3 Å². The van der Waals surface area contributed by atoms with Gasteiger partial charge in [0.1, 0.15) is 28.3 Å². The van der Waals surface area contributed by atoms with Crippen molar-refractivity contribution in [1.82, 2.24) is 10.1 Å². The highest BCUT2D eigenvalue weighted by Gasteiger charge is 2.69. The van der Waals surface area contributed by atoms with Gasteiger partial charge in [0.15, 0.2) is 0 Å². The second-order valence-electron chi connectivity index (χ2n) is 7.62. The molecule has 0 aliphatic carbocycles. The van der Waals surface area contributed by atoms with Gasteiger partial charge in [-0.15, -0.1) is 11.8 Å². The number of aromatic nitrogens is 1. The molecule has 2 aliphatic rings. The Morgan fingerprint density at radius 3 is 2.61 bits per heavy atom. The maximum Gasteiger partial charge on any atom is 0.327 e. The van der Waals surface area contributed by atoms with Crippen molar-refractivity contribution in [2.24, 2.45) is 0 Å². The first-order valence-corrected chi connectivity index (χ1v) is 10.9. The molecule has 0 radical (unpaired) electrons. The van der Waals surface area contributed by atoms with Crippen LogP contribution in [0.2, 0.25) is 0 Å². The maximum absolute atomic E-state index is 13.1. The molecule has 2 saturated heterocycles. The second-order valence-corrected chi connectivity index (χ2v) is 10.1. The average molecular weight is 420 g/mol. The molecule has 0 bridgehead atoms. The Morgan fingerprint density at radius 1 is 1.32 bits per heavy atom. The number of carboxylic acid groups (broad SMARTS) is 1. The van der Waals surface area contributed by atoms with E-state index in [0.29, 0.717) is 16.5 Å². The van der Waals surface area contributed by atoms with Crippen LogP contribution in [0.4, 0.5) is 5.69 Å². The number of thioether (sulfide) groups is 2. The molecule has 2 N–H and O–H groups in total. The van der Waals surface area contributed by atoms with Crippen molar-refractivity contribution in [2.45, 2.75) is 47.6 Å². The fourth-order valence-electron chi connectivity index (χ4n) is 3.92. The molecular formula is C19H21N3O4S2. The Morgan fingerprint density at radius 2 is 2.00 bits per heavy atom. The van der Waals surface area contributed by atoms with Crippen LogP contribution >= 0.6 is 23.5 Å². The molecule has 2 aromatic rings. The number of benzene rings is 1. The van der Waals surface area contributed by atoms with Gasteiger partial charge in [-0.25, -0.2) is 4.79 Å². The minimum absolute atomic E-state index is 0.227. The number of rotatable bonds is 5. The number of amides is 1. The zero-order valence-corrected chi connectivity index (χ0v) is 17.6. The van der Waals surface area contributed by atoms with E-state index in [1.807, 2.05) is 57.4 Å². The molecule has 3 heterocycles. The smallest absolute Gasteiger partial charge is 0.327 e. The molecule has 0 unspecified atom stereocenters. The van der Waals surface area contributed by atoms with Crippen molar-refractivity contribution in [3.63, 3.8) is 0 Å². The van der Waals surface area contributed by atoms with Crippen molar-refractivity contribution < 1.29 is 19.2 Å². The summed E-state index contributed by atoms with van der Waals surface area (Å²) in [5.41, 5.74) is 1.23. The monoisotopic (exact) mass is 419 g/mol. The van der Waals surface area contributed by atoms with Crippen LogP contribution in [-0.4, -0.2) is 55.0 Å². The predicted molar refractivity (Wildman–Crippen MR) is 109 cm³/mol. The first-order chi connectivity index (χ1) is 13.2. The first kappa shape index (κ1) is 19.2. The fourth-order valence-corrected chi connectivity index (χ4v) is 6.02. The lowest BCUT2D eigenvalue weighted by atomic mass is 9.86. The molecule has 7 nitrogen and oxygen atoms in total. The summed E-state index contributed by atoms with van der Waals surface area (Å²) in [6, 6.07) is 8.76. The molecule has 2 aliphatic heterocycles. The fraction of sp³-hybridized carbons (Fsp3) is 0.421. The topological polar surface area (TPSA) is 95.7 Å². The number of hydrogen-bond acceptors (Lipinski definition) is 7. The Labute approximate surface area is 171 Å². The number of fused-ring (bicyclic) bond motifs is 1. The van der Waals surface area contributed by atoms with E-state index in [1.54, 1.807) is 0 Å². The third-order valence-corrected chi connectivity index (χ3v) is 7.69. The third-order valence-electron chi connectivity index (χ3n) is 5.29. The molecular weight excluding hydrogens is 398 g/mol. The van der Waals surface area contributed by atoms with Crippen LogP contribution in [-0.2, 0) is 9.59 Å². The van der Waals surface area contributed by atoms with Crippen LogP contribution in [0.1, 0.15) is 20.8 Å². The predicted octanol–water partition coefficient (Wildman–Crippen LogP) is 3.38. The molecule has 148 valence electrons. The first-order valence-electron chi connectivity index (χ1n) is 8.81. The van der Waals surface area contributed by atoms with Gasteiger partial charge in [0.25, 0.3) is 5.91 Å². The number of carboxylic acids is 1. The van der Waals surface area contributed by atoms with Gasteiger partial charge in [0.05, 0.1) is 0 Å². The van der Waals surface area contributed by atoms with Crippen molar-refractivity contribution in [2.75, 3.05) is 11.6 Å². The molecule has 4 rings (SSSR count). The summed E-state index contributed by atoms with van der Waals surface area (Å²) in [7, 11) is 0. The van der Waals surface area contributed by atoms with Gasteiger partial charge in [-0.2, -0.15) is 0 Å². The summed E-state index contributed by atoms with van der Waals surface area (Å²) in [5.74, 6) is -1.20. The highest BCUT2D eigenvalue weighted by Crippen LogP contribution is 2.56. The van der Waals surface area contributed by atoms with Gasteiger partial charge in [-0.1, -0.05) is 47.3 Å². The maximum atomic E-state index is 13.1. The van der Waals surface area contributed by atoms with Crippen molar-refractivity contribution in [1.29, 1.82) is 0 Å². The zero-order valence-electron chi connectivity index (χ0n) is 15.9. The van der Waals surface area contributed by atoms with Gasteiger partial charge >= 0.3 is 5.97 Å². The third kappa shape index (κ3) is 2.63. The quantitative estimate of drug-likeness (QED) is 0.563. The lowest BCUT2D eigenvalue weighted by Crippen LogP contribution is -2.75. The zero-order chi connectivity index (χ0) is 20.3. The van der Waals surface area contributed by atoms with Crippen LogP contribution in [0.5, 0.6) is 0 Å². The summed E-state index contributed by atoms with van der Waals surface area (Å²) in [5, 5.41) is 17.5. The average Bonchev–Trinajstić information content (AvgIpc) is 3.18. The summed E-state index contributed by atoms with van der Waals surface area (Å²) in [6.07, 6.45) is 1.88. The molecule has 28 heavy (non-hydrogen) atoms. The second kappa shape index (κ2) is 6.45. The normalized spacial score (nSPS) is 28.0. The Bertz CT molecular complexity index is 946. The van der Waals surface area contributed by atoms with Crippen molar-refractivity contribution in [3.05, 3.63) is 30.3 Å². The van der Waals surface area contributed by atoms with E-state index >= 15 is 0 Å². The van der Waals surface area contributed by atoms with Crippen LogP contribution < -0.4 is 5.32 Å². The number of aliphatic carboxylic acids is 1. The Kier molecular flexibility index (Phi) is 4.42. The molecule has 3 atom stereocenters. The van der Waals surface area contributed by atoms with E-state index in [-0.39, 0.29) is 11.3 Å². The van der Waals surface area contributed by atoms with E-state index in [2.05, 4.69) is 10.5 Å². The highest BCUT2D eigenvalue weighted by molar-refractivity contribution is 8.01. The highest BCUT2D eigenvalue weighted by atomic mass is 32.2. The summed E-state index contributed by atoms with van der Waals surface area (Å²) in [6.45, 7) is 5.55. The van der Waals surface area contributed by atoms with Crippen LogP contribution in [0.3, 0.4) is 0 Å². The molecule has 1 aromatic carbocycles. The number of carbonyl (C=O) groups excluding carboxylic acids is 1. The molecule has 0 saturated carbocycles. The van der Waals surface area contributed by atoms with E-state index < -0.39 is 22.3 Å². The number of β-lactam (4-membered cyclic amide) rings is 1. The number of carbonyl (C=O) groups is 2. The number of nitrogens with one attached hydrogen (secondary N) is 1. The molecule has 0 spiro atoms. The lowest BCUT2D eigenvalue weighted by molar-refractivity contribution is -0.163. The van der Waals surface area contributed by atoms with E-state index in [9.17, 15) is 14.7 Å². The van der Waals surface area contributed by atoms with Crippen LogP contribution in [0, 0.1) is 0 Å². The minimum atomic E-state index is -0.977. The number of nitrogens with zero attached hydrogens (tertiary/aromatic N) is 2. The number of anilines is 1. The number of hydrogen-bond donors (Lipinski definition) is 2. The van der Waals surface area contributed by atoms with E-state index in [1.165, 1.54) is 28.4 Å². The summed E-state index contributed by atoms with van der Waals surface area (Å²) in [4.78, 5) is 26.3. The lowest BCUT2D eigenvalue weighted by Gasteiger charge is -2.51. The summed E-state index contributed by atoms with van der Waals surface area (Å²) < 4.78 is 4.91. The van der Waals surface area contributed by atoms with Crippen molar-refractivity contribution >= 4 is 41.1 Å². The van der Waals surface area contributed by atoms with Crippen LogP contribution in [0.25, 0.3) is 11.3 Å². The van der Waals surface area contributed by atoms with Gasteiger partial charge in [0.2, 0.25) is 5.09 Å². The minimum Gasteiger partial charge on any atom is -0.480 e. The molecule has 1 amide bonds. The summed E-state index contributed by atoms with van der Waals surface area (Å²) >= 11 is 2.91. The largest absolute Gasteiger partial charge is 0.480 e. The van der Waals surface area contributed by atoms with E-state index in [4.69, 9.17) is 4.52 Å². The molecule has 9 heteroatoms. The standard InChI is InChI=1S/C19H21N3O4S2/c1-18(2)13(14(23)24)22-16(25)19(3,17(22)28-18)20-12-11(21-26-15(12)27-4)10-8-6-5-7-9-10/h5-9,13,17,20H,1-4H3,(H,23,24)/t13-,17+,19-/m0/s1. The SMILES string of the molecule is CSc1onc(-c2ccccc2)c1N[C@@]1(C)C(=O)N2[C@@H](C(=O)O)C(C)(C)S[C@@H]21. The van der Waals surface area contributed by atoms with Gasteiger partial charge in [-0.05, 0) is 27.0 Å². The van der Waals surface area contributed by atoms with Crippen LogP contribution in [0.15, 0.2) is 39.9 Å².